The summed E-state index contributed by atoms with van der Waals surface area (Å²) in [5, 5.41) is 5.74. The predicted molar refractivity (Wildman–Crippen MR) is 113 cm³/mol. The number of halogens is 4. The minimum absolute atomic E-state index is 0.0591. The molecule has 2 aromatic rings. The van der Waals surface area contributed by atoms with Crippen molar-refractivity contribution in [3.8, 4) is 0 Å². The average molecular weight is 466 g/mol. The number of hydrogen-bond donors (Lipinski definition) is 2. The summed E-state index contributed by atoms with van der Waals surface area (Å²) in [6.07, 6.45) is 3.55. The average Bonchev–Trinajstić information content (AvgIpc) is 3.32. The lowest BCUT2D eigenvalue weighted by Crippen LogP contribution is -2.39. The van der Waals surface area contributed by atoms with Gasteiger partial charge in [-0.3, -0.25) is 4.79 Å². The van der Waals surface area contributed by atoms with Gasteiger partial charge in [0, 0.05) is 31.2 Å². The molecular weight excluding hydrogens is 440 g/mol. The first kappa shape index (κ1) is 23.4. The number of nitrogens with zero attached hydrogens (tertiary/aromatic N) is 2. The van der Waals surface area contributed by atoms with Crippen molar-refractivity contribution in [2.45, 2.75) is 63.1 Å². The largest absolute Gasteiger partial charge is 0.373 e. The van der Waals surface area contributed by atoms with E-state index in [9.17, 15) is 22.4 Å². The van der Waals surface area contributed by atoms with Crippen molar-refractivity contribution in [2.75, 3.05) is 18.6 Å². The molecule has 1 saturated heterocycles. The van der Waals surface area contributed by atoms with Crippen LogP contribution in [0, 0.1) is 5.82 Å². The van der Waals surface area contributed by atoms with Crippen LogP contribution in [-0.4, -0.2) is 34.7 Å². The minimum Gasteiger partial charge on any atom is -0.373 e. The van der Waals surface area contributed by atoms with Crippen LogP contribution in [0.25, 0.3) is 0 Å². The smallest absolute Gasteiger partial charge is 0.273 e. The molecule has 1 aromatic heterocycles. The summed E-state index contributed by atoms with van der Waals surface area (Å²) in [6, 6.07) is 3.86. The number of carbonyl (C=O) groups is 1. The Morgan fingerprint density at radius 2 is 2.09 bits per heavy atom. The number of alkyl halides is 3. The van der Waals surface area contributed by atoms with Crippen molar-refractivity contribution in [2.24, 2.45) is 0 Å². The molecule has 4 rings (SSSR count). The van der Waals surface area contributed by atoms with Gasteiger partial charge >= 0.3 is 0 Å². The molecule has 33 heavy (non-hydrogen) atoms. The molecule has 6 nitrogen and oxygen atoms in total. The highest BCUT2D eigenvalue weighted by Crippen LogP contribution is 2.37. The predicted octanol–water partition coefficient (Wildman–Crippen LogP) is 4.35. The Kier molecular flexibility index (Phi) is 6.56. The molecule has 2 heterocycles. The van der Waals surface area contributed by atoms with Gasteiger partial charge in [0.1, 0.15) is 24.6 Å². The first-order valence-electron chi connectivity index (χ1n) is 10.9. The van der Waals surface area contributed by atoms with Crippen LogP contribution in [-0.2, 0) is 28.4 Å². The number of nitrogens with one attached hydrogen (secondary N) is 2. The van der Waals surface area contributed by atoms with Gasteiger partial charge in [0.2, 0.25) is 5.91 Å². The molecule has 1 aromatic carbocycles. The summed E-state index contributed by atoms with van der Waals surface area (Å²) >= 11 is 0. The van der Waals surface area contributed by atoms with Crippen LogP contribution >= 0.6 is 0 Å². The fourth-order valence-electron chi connectivity index (χ4n) is 4.03. The molecule has 2 fully saturated rings. The van der Waals surface area contributed by atoms with Crippen molar-refractivity contribution in [3.05, 3.63) is 52.7 Å². The fraction of sp³-hybridized carbons (Fsp3) is 0.522. The zero-order chi connectivity index (χ0) is 23.6. The second-order valence-corrected chi connectivity index (χ2v) is 8.74. The molecule has 10 heteroatoms. The Balaban J connectivity index is 1.57. The maximum absolute atomic E-state index is 14.7. The number of hydrogen-bond acceptors (Lipinski definition) is 5. The second-order valence-electron chi connectivity index (χ2n) is 8.74. The minimum atomic E-state index is -3.31. The molecule has 1 saturated carbocycles. The van der Waals surface area contributed by atoms with E-state index in [0.29, 0.717) is 49.9 Å². The number of ether oxygens (including phenoxy) is 1. The molecule has 0 bridgehead atoms. The maximum Gasteiger partial charge on any atom is 0.273 e. The lowest BCUT2D eigenvalue weighted by atomic mass is 10.0. The summed E-state index contributed by atoms with van der Waals surface area (Å²) in [7, 11) is 0. The van der Waals surface area contributed by atoms with E-state index in [2.05, 4.69) is 20.6 Å². The summed E-state index contributed by atoms with van der Waals surface area (Å²) < 4.78 is 61.0. The highest BCUT2D eigenvalue weighted by Gasteiger charge is 2.44. The topological polar surface area (TPSA) is 76.1 Å². The number of benzene rings is 1. The third kappa shape index (κ3) is 5.26. The Morgan fingerprint density at radius 1 is 1.30 bits per heavy atom. The van der Waals surface area contributed by atoms with E-state index in [0.717, 1.165) is 12.5 Å². The standard InChI is InChI=1S/C23H26F4N4O2/c1-22(26,27)15-5-2-4-14(20(15)25)11-28-21-19(17-6-3-9-33-17)16(29-13-30-21)10-18(32)31-23(12-24)7-8-23/h2,4-5,13,17H,3,6-12H2,1H3,(H,31,32)(H,28,29,30). The summed E-state index contributed by atoms with van der Waals surface area (Å²) in [5.74, 6) is -4.29. The molecular formula is C23H26F4N4O2. The Hall–Kier alpha value is -2.75. The zero-order valence-corrected chi connectivity index (χ0v) is 18.3. The molecule has 1 aliphatic carbocycles. The van der Waals surface area contributed by atoms with Gasteiger partial charge in [-0.25, -0.2) is 27.5 Å². The van der Waals surface area contributed by atoms with Crippen molar-refractivity contribution in [1.29, 1.82) is 0 Å². The van der Waals surface area contributed by atoms with Gasteiger partial charge in [-0.1, -0.05) is 18.2 Å². The van der Waals surface area contributed by atoms with Crippen LogP contribution in [0.3, 0.4) is 0 Å². The van der Waals surface area contributed by atoms with Crippen LogP contribution in [0.5, 0.6) is 0 Å². The van der Waals surface area contributed by atoms with E-state index in [1.54, 1.807) is 0 Å². The van der Waals surface area contributed by atoms with E-state index >= 15 is 0 Å². The van der Waals surface area contributed by atoms with Crippen molar-refractivity contribution in [3.63, 3.8) is 0 Å². The van der Waals surface area contributed by atoms with Crippen LogP contribution in [0.1, 0.15) is 61.1 Å². The number of amides is 1. The van der Waals surface area contributed by atoms with Gasteiger partial charge in [0.25, 0.3) is 5.92 Å². The Morgan fingerprint density at radius 3 is 2.73 bits per heavy atom. The molecule has 1 amide bonds. The van der Waals surface area contributed by atoms with Crippen LogP contribution in [0.15, 0.2) is 24.5 Å². The summed E-state index contributed by atoms with van der Waals surface area (Å²) in [6.45, 7) is 0.477. The number of aromatic nitrogens is 2. The first-order valence-corrected chi connectivity index (χ1v) is 10.9. The van der Waals surface area contributed by atoms with Gasteiger partial charge in [0.15, 0.2) is 0 Å². The third-order valence-electron chi connectivity index (χ3n) is 6.06. The zero-order valence-electron chi connectivity index (χ0n) is 18.3. The second kappa shape index (κ2) is 9.24. The van der Waals surface area contributed by atoms with Crippen LogP contribution < -0.4 is 10.6 Å². The molecule has 1 atom stereocenters. The lowest BCUT2D eigenvalue weighted by molar-refractivity contribution is -0.121. The van der Waals surface area contributed by atoms with E-state index < -0.39 is 29.5 Å². The highest BCUT2D eigenvalue weighted by molar-refractivity contribution is 5.80. The molecule has 2 aliphatic rings. The lowest BCUT2D eigenvalue weighted by Gasteiger charge is -2.20. The maximum atomic E-state index is 14.7. The van der Waals surface area contributed by atoms with Crippen molar-refractivity contribution < 1.29 is 27.1 Å². The van der Waals surface area contributed by atoms with Gasteiger partial charge in [-0.05, 0) is 25.7 Å². The monoisotopic (exact) mass is 466 g/mol. The van der Waals surface area contributed by atoms with E-state index in [-0.39, 0.29) is 30.5 Å². The quantitative estimate of drug-likeness (QED) is 0.538. The first-order chi connectivity index (χ1) is 15.7. The fourth-order valence-corrected chi connectivity index (χ4v) is 4.03. The van der Waals surface area contributed by atoms with Gasteiger partial charge in [-0.15, -0.1) is 0 Å². The van der Waals surface area contributed by atoms with Gasteiger partial charge in [0.05, 0.1) is 29.3 Å². The SMILES string of the molecule is CC(F)(F)c1cccc(CNc2ncnc(CC(=O)NC3(CF)CC3)c2C2CCCO2)c1F. The summed E-state index contributed by atoms with van der Waals surface area (Å²) in [5.41, 5.74) is -0.376. The van der Waals surface area contributed by atoms with Gasteiger partial charge < -0.3 is 15.4 Å². The molecule has 1 unspecified atom stereocenters. The van der Waals surface area contributed by atoms with E-state index in [1.165, 1.54) is 18.5 Å². The third-order valence-corrected chi connectivity index (χ3v) is 6.06. The van der Waals surface area contributed by atoms with Crippen molar-refractivity contribution >= 4 is 11.7 Å². The molecule has 1 aliphatic heterocycles. The molecule has 0 radical (unpaired) electrons. The van der Waals surface area contributed by atoms with E-state index in [1.807, 2.05) is 0 Å². The Labute approximate surface area is 189 Å². The molecule has 2 N–H and O–H groups in total. The van der Waals surface area contributed by atoms with Gasteiger partial charge in [-0.2, -0.15) is 0 Å². The normalized spacial score (nSPS) is 19.4. The van der Waals surface area contributed by atoms with Crippen LogP contribution in [0.2, 0.25) is 0 Å². The molecule has 178 valence electrons. The van der Waals surface area contributed by atoms with Crippen molar-refractivity contribution in [1.82, 2.24) is 15.3 Å². The highest BCUT2D eigenvalue weighted by atomic mass is 19.3. The van der Waals surface area contributed by atoms with Crippen LogP contribution in [0.4, 0.5) is 23.4 Å². The Bertz CT molecular complexity index is 1020. The number of rotatable bonds is 9. The number of carbonyl (C=O) groups excluding carboxylic acids is 1. The van der Waals surface area contributed by atoms with E-state index in [4.69, 9.17) is 4.74 Å². The summed E-state index contributed by atoms with van der Waals surface area (Å²) in [4.78, 5) is 21.0. The number of anilines is 1. The molecule has 0 spiro atoms.